The summed E-state index contributed by atoms with van der Waals surface area (Å²) in [7, 11) is 1.69. The van der Waals surface area contributed by atoms with Crippen LogP contribution in [-0.2, 0) is 9.59 Å². The summed E-state index contributed by atoms with van der Waals surface area (Å²) in [5.74, 6) is 0.120. The highest BCUT2D eigenvalue weighted by Crippen LogP contribution is 2.35. The van der Waals surface area contributed by atoms with Crippen molar-refractivity contribution in [2.45, 2.75) is 25.9 Å². The van der Waals surface area contributed by atoms with Crippen LogP contribution in [0.2, 0.25) is 0 Å². The van der Waals surface area contributed by atoms with Gasteiger partial charge >= 0.3 is 0 Å². The first kappa shape index (κ1) is 19.9. The van der Waals surface area contributed by atoms with Gasteiger partial charge in [0.05, 0.1) is 5.69 Å². The van der Waals surface area contributed by atoms with Gasteiger partial charge in [0.2, 0.25) is 5.91 Å². The zero-order valence-electron chi connectivity index (χ0n) is 17.0. The Hall–Kier alpha value is -3.42. The molecule has 1 unspecified atom stereocenters. The van der Waals surface area contributed by atoms with Gasteiger partial charge in [-0.2, -0.15) is 0 Å². The number of likely N-dealkylation sites (tertiary alicyclic amines) is 1. The summed E-state index contributed by atoms with van der Waals surface area (Å²) in [6.45, 7) is 2.74. The molecule has 30 heavy (non-hydrogen) atoms. The van der Waals surface area contributed by atoms with Crippen LogP contribution in [0.5, 0.6) is 5.75 Å². The van der Waals surface area contributed by atoms with Crippen LogP contribution in [0, 0.1) is 5.92 Å². The van der Waals surface area contributed by atoms with Crippen molar-refractivity contribution >= 4 is 29.1 Å². The Labute approximate surface area is 174 Å². The number of anilines is 2. The number of aromatic nitrogens is 1. The SMILES string of the molecule is CC1Oc2ccc(NC(=O)C3CCN(C(=O)c4ccccn4)CC3)cc2N(C)C1=O. The van der Waals surface area contributed by atoms with Crippen LogP contribution in [-0.4, -0.2) is 53.8 Å². The van der Waals surface area contributed by atoms with Crippen molar-refractivity contribution in [3.63, 3.8) is 0 Å². The van der Waals surface area contributed by atoms with E-state index in [2.05, 4.69) is 10.3 Å². The number of pyridine rings is 1. The maximum atomic E-state index is 12.7. The molecule has 2 aliphatic heterocycles. The number of benzene rings is 1. The van der Waals surface area contributed by atoms with Crippen molar-refractivity contribution in [3.05, 3.63) is 48.3 Å². The summed E-state index contributed by atoms with van der Waals surface area (Å²) in [5, 5.41) is 2.94. The lowest BCUT2D eigenvalue weighted by molar-refractivity contribution is -0.125. The van der Waals surface area contributed by atoms with E-state index in [4.69, 9.17) is 4.74 Å². The highest BCUT2D eigenvalue weighted by atomic mass is 16.5. The zero-order chi connectivity index (χ0) is 21.3. The number of fused-ring (bicyclic) bond motifs is 1. The molecule has 1 N–H and O–H groups in total. The second kappa shape index (κ2) is 8.14. The minimum Gasteiger partial charge on any atom is -0.479 e. The Bertz CT molecular complexity index is 970. The lowest BCUT2D eigenvalue weighted by Gasteiger charge is -2.32. The van der Waals surface area contributed by atoms with Crippen molar-refractivity contribution in [3.8, 4) is 5.75 Å². The van der Waals surface area contributed by atoms with Crippen LogP contribution in [0.4, 0.5) is 11.4 Å². The molecular formula is C22H24N4O4. The van der Waals surface area contributed by atoms with E-state index in [1.807, 2.05) is 0 Å². The normalized spacial score (nSPS) is 19.1. The molecule has 2 aromatic rings. The first-order valence-electron chi connectivity index (χ1n) is 10.0. The summed E-state index contributed by atoms with van der Waals surface area (Å²) in [6.07, 6.45) is 2.26. The van der Waals surface area contributed by atoms with Gasteiger partial charge in [-0.15, -0.1) is 0 Å². The molecule has 1 aromatic heterocycles. The van der Waals surface area contributed by atoms with Crippen molar-refractivity contribution in [1.82, 2.24) is 9.88 Å². The van der Waals surface area contributed by atoms with E-state index in [1.54, 1.807) is 66.4 Å². The summed E-state index contributed by atoms with van der Waals surface area (Å²) < 4.78 is 5.61. The van der Waals surface area contributed by atoms with Crippen LogP contribution >= 0.6 is 0 Å². The minimum absolute atomic E-state index is 0.0843. The minimum atomic E-state index is -0.526. The molecular weight excluding hydrogens is 384 g/mol. The van der Waals surface area contributed by atoms with Gasteiger partial charge < -0.3 is 19.9 Å². The van der Waals surface area contributed by atoms with Gasteiger partial charge in [-0.25, -0.2) is 0 Å². The maximum absolute atomic E-state index is 12.7. The molecule has 0 aliphatic carbocycles. The van der Waals surface area contributed by atoms with Crippen molar-refractivity contribution in [2.24, 2.45) is 5.92 Å². The molecule has 0 saturated carbocycles. The number of ether oxygens (including phenoxy) is 1. The molecule has 0 radical (unpaired) electrons. The van der Waals surface area contributed by atoms with Crippen LogP contribution in [0.15, 0.2) is 42.6 Å². The summed E-state index contributed by atoms with van der Waals surface area (Å²) in [6, 6.07) is 10.5. The predicted molar refractivity (Wildman–Crippen MR) is 111 cm³/mol. The van der Waals surface area contributed by atoms with Crippen molar-refractivity contribution in [2.75, 3.05) is 30.4 Å². The number of piperidine rings is 1. The van der Waals surface area contributed by atoms with E-state index in [1.165, 1.54) is 0 Å². The van der Waals surface area contributed by atoms with Gasteiger partial charge in [0, 0.05) is 37.9 Å². The van der Waals surface area contributed by atoms with Crippen LogP contribution < -0.4 is 15.0 Å². The van der Waals surface area contributed by atoms with E-state index in [-0.39, 0.29) is 23.6 Å². The lowest BCUT2D eigenvalue weighted by atomic mass is 9.95. The summed E-state index contributed by atoms with van der Waals surface area (Å²) >= 11 is 0. The number of rotatable bonds is 3. The van der Waals surface area contributed by atoms with Crippen LogP contribution in [0.1, 0.15) is 30.3 Å². The highest BCUT2D eigenvalue weighted by molar-refractivity contribution is 6.01. The van der Waals surface area contributed by atoms with Gasteiger partial charge in [-0.1, -0.05) is 6.07 Å². The van der Waals surface area contributed by atoms with Crippen LogP contribution in [0.3, 0.4) is 0 Å². The topological polar surface area (TPSA) is 91.8 Å². The average Bonchev–Trinajstić information content (AvgIpc) is 2.78. The first-order chi connectivity index (χ1) is 14.4. The number of carbonyl (C=O) groups excluding carboxylic acids is 3. The molecule has 2 aliphatic rings. The molecule has 1 saturated heterocycles. The standard InChI is InChI=1S/C22H24N4O4/c1-14-21(28)25(2)18-13-16(6-7-19(18)30-14)24-20(27)15-8-11-26(12-9-15)22(29)17-5-3-4-10-23-17/h3-7,10,13-15H,8-9,11-12H2,1-2H3,(H,24,27). The van der Waals surface area contributed by atoms with E-state index >= 15 is 0 Å². The number of hydrogen-bond acceptors (Lipinski definition) is 5. The Balaban J connectivity index is 1.37. The number of hydrogen-bond donors (Lipinski definition) is 1. The van der Waals surface area contributed by atoms with Gasteiger partial charge in [0.15, 0.2) is 6.10 Å². The second-order valence-electron chi connectivity index (χ2n) is 7.61. The maximum Gasteiger partial charge on any atom is 0.272 e. The Morgan fingerprint density at radius 2 is 1.93 bits per heavy atom. The highest BCUT2D eigenvalue weighted by Gasteiger charge is 2.30. The molecule has 1 aromatic carbocycles. The van der Waals surface area contributed by atoms with E-state index < -0.39 is 6.10 Å². The van der Waals surface area contributed by atoms with E-state index in [0.29, 0.717) is 48.7 Å². The Kier molecular flexibility index (Phi) is 5.39. The number of likely N-dealkylation sites (N-methyl/N-ethyl adjacent to an activating group) is 1. The van der Waals surface area contributed by atoms with E-state index in [9.17, 15) is 14.4 Å². The van der Waals surface area contributed by atoms with E-state index in [0.717, 1.165) is 0 Å². The van der Waals surface area contributed by atoms with Gasteiger partial charge in [-0.05, 0) is 50.1 Å². The number of nitrogens with one attached hydrogen (secondary N) is 1. The third-order valence-corrected chi connectivity index (χ3v) is 5.61. The first-order valence-corrected chi connectivity index (χ1v) is 10.0. The second-order valence-corrected chi connectivity index (χ2v) is 7.61. The lowest BCUT2D eigenvalue weighted by Crippen LogP contribution is -2.42. The molecule has 8 heteroatoms. The smallest absolute Gasteiger partial charge is 0.272 e. The predicted octanol–water partition coefficient (Wildman–Crippen LogP) is 2.32. The number of amides is 3. The van der Waals surface area contributed by atoms with Crippen LogP contribution in [0.25, 0.3) is 0 Å². The molecule has 1 fully saturated rings. The third kappa shape index (κ3) is 3.85. The third-order valence-electron chi connectivity index (χ3n) is 5.61. The number of nitrogens with zero attached hydrogens (tertiary/aromatic N) is 3. The molecule has 1 atom stereocenters. The number of carbonyl (C=O) groups is 3. The van der Waals surface area contributed by atoms with Crippen molar-refractivity contribution in [1.29, 1.82) is 0 Å². The summed E-state index contributed by atoms with van der Waals surface area (Å²) in [4.78, 5) is 44.8. The van der Waals surface area contributed by atoms with Gasteiger partial charge in [-0.3, -0.25) is 19.4 Å². The monoisotopic (exact) mass is 408 g/mol. The molecule has 156 valence electrons. The quantitative estimate of drug-likeness (QED) is 0.842. The Morgan fingerprint density at radius 3 is 2.63 bits per heavy atom. The van der Waals surface area contributed by atoms with Gasteiger partial charge in [0.25, 0.3) is 11.8 Å². The Morgan fingerprint density at radius 1 is 1.17 bits per heavy atom. The largest absolute Gasteiger partial charge is 0.479 e. The average molecular weight is 408 g/mol. The molecule has 3 heterocycles. The molecule has 8 nitrogen and oxygen atoms in total. The zero-order valence-corrected chi connectivity index (χ0v) is 17.0. The van der Waals surface area contributed by atoms with Crippen molar-refractivity contribution < 1.29 is 19.1 Å². The molecule has 4 rings (SSSR count). The fraction of sp³-hybridized carbons (Fsp3) is 0.364. The molecule has 3 amide bonds. The summed E-state index contributed by atoms with van der Waals surface area (Å²) in [5.41, 5.74) is 1.67. The fourth-order valence-corrected chi connectivity index (χ4v) is 3.83. The molecule has 0 bridgehead atoms. The van der Waals surface area contributed by atoms with Gasteiger partial charge in [0.1, 0.15) is 11.4 Å². The molecule has 0 spiro atoms. The fourth-order valence-electron chi connectivity index (χ4n) is 3.83.